The Morgan fingerprint density at radius 2 is 0.222 bits per heavy atom. The van der Waals surface area contributed by atoms with Gasteiger partial charge in [-0.3, -0.25) is 0 Å². The smallest absolute Gasteiger partial charge is 0.870 e. The van der Waals surface area contributed by atoms with Gasteiger partial charge in [-0.25, -0.2) is 0 Å². The molecular weight excluding hydrogens is 571 g/mol. The minimum Gasteiger partial charge on any atom is -0.870 e. The van der Waals surface area contributed by atoms with Gasteiger partial charge in [-0.1, -0.05) is 0 Å². The van der Waals surface area contributed by atoms with Gasteiger partial charge in [-0.05, 0) is 0 Å². The van der Waals surface area contributed by atoms with Crippen LogP contribution in [-0.2, 0) is 115 Å². The van der Waals surface area contributed by atoms with Crippen molar-refractivity contribution in [3.8, 4) is 0 Å². The molecule has 14 N–H and O–H groups in total. The van der Waals surface area contributed by atoms with Gasteiger partial charge in [0.2, 0.25) is 0 Å². The molecule has 18 heteroatoms. The zero-order chi connectivity index (χ0) is 0. The van der Waals surface area contributed by atoms with E-state index in [-0.39, 0.29) is 180 Å². The van der Waals surface area contributed by atoms with Crippen LogP contribution in [0.2, 0.25) is 0 Å². The van der Waals surface area contributed by atoms with E-state index in [1.807, 2.05) is 0 Å². The maximum Gasteiger partial charge on any atom is 2.00 e. The van der Waals surface area contributed by atoms with Gasteiger partial charge >= 0.3 is 97.4 Å². The first-order chi connectivity index (χ1) is 0. The standard InChI is InChI=1S/Cr.12H2O.5Zn/h;12*1H2;;;;;/q;;;;;;;;;;;;;5*+2/p-10. The molecule has 18 heavy (non-hydrogen) atoms. The van der Waals surface area contributed by atoms with Crippen LogP contribution in [0, 0.1) is 0 Å². The number of hydrogen-bond acceptors (Lipinski definition) is 10. The van der Waals surface area contributed by atoms with Crippen LogP contribution < -0.4 is 0 Å². The maximum absolute atomic E-state index is 0. The van der Waals surface area contributed by atoms with E-state index in [9.17, 15) is 0 Å². The average Bonchev–Trinajstić information content (AvgIpc) is 0. The van der Waals surface area contributed by atoms with Crippen molar-refractivity contribution in [2.75, 3.05) is 0 Å². The van der Waals surface area contributed by atoms with Crippen LogP contribution in [-0.4, -0.2) is 65.7 Å². The van der Waals surface area contributed by atoms with Crippen molar-refractivity contribution in [1.29, 1.82) is 0 Å². The molecule has 0 saturated heterocycles. The van der Waals surface area contributed by atoms with E-state index in [1.165, 1.54) is 0 Å². The molecule has 0 atom stereocenters. The Bertz CT molecular complexity index is 20.4. The van der Waals surface area contributed by atoms with Crippen LogP contribution in [0.5, 0.6) is 0 Å². The third-order valence-electron chi connectivity index (χ3n) is 0. The predicted molar refractivity (Wildman–Crippen MR) is 26.6 cm³/mol. The van der Waals surface area contributed by atoms with Crippen LogP contribution in [0.25, 0.3) is 0 Å². The fourth-order valence-electron chi connectivity index (χ4n) is 0. The first kappa shape index (κ1) is 857. The molecule has 102 valence electrons. The minimum atomic E-state index is 0. The van der Waals surface area contributed by atoms with E-state index in [2.05, 4.69) is 0 Å². The van der Waals surface area contributed by atoms with Crippen molar-refractivity contribution in [3.05, 3.63) is 0 Å². The van der Waals surface area contributed by atoms with Crippen molar-refractivity contribution in [2.24, 2.45) is 0 Å². The van der Waals surface area contributed by atoms with Crippen molar-refractivity contribution < 1.29 is 180 Å². The maximum atomic E-state index is 0. The van der Waals surface area contributed by atoms with Crippen LogP contribution >= 0.6 is 0 Å². The molecule has 0 fully saturated rings. The summed E-state index contributed by atoms with van der Waals surface area (Å²) in [7, 11) is 0. The molecule has 0 unspecified atom stereocenters. The third-order valence-corrected chi connectivity index (χ3v) is 0. The topological polar surface area (TPSA) is 363 Å². The summed E-state index contributed by atoms with van der Waals surface area (Å²) in [5, 5.41) is 0. The molecule has 0 aliphatic heterocycles. The summed E-state index contributed by atoms with van der Waals surface area (Å²) in [6, 6.07) is 0. The van der Waals surface area contributed by atoms with Crippen LogP contribution in [0.15, 0.2) is 0 Å². The Kier molecular flexibility index (Phi) is 35100. The van der Waals surface area contributed by atoms with Crippen molar-refractivity contribution in [2.45, 2.75) is 0 Å². The Hall–Kier alpha value is 3.17. The zero-order valence-electron chi connectivity index (χ0n) is 9.42. The second-order valence-corrected chi connectivity index (χ2v) is 0. The van der Waals surface area contributed by atoms with Gasteiger partial charge in [0.15, 0.2) is 0 Å². The van der Waals surface area contributed by atoms with Gasteiger partial charge in [-0.15, -0.1) is 0 Å². The van der Waals surface area contributed by atoms with Gasteiger partial charge in [0.1, 0.15) is 0 Å². The third kappa shape index (κ3) is 630. The second-order valence-electron chi connectivity index (χ2n) is 0. The molecule has 0 aromatic heterocycles. The van der Waals surface area contributed by atoms with Crippen LogP contribution in [0.1, 0.15) is 0 Å². The number of hydrogen-bond donors (Lipinski definition) is 0. The molecule has 0 aliphatic carbocycles. The van der Waals surface area contributed by atoms with E-state index in [1.54, 1.807) is 0 Å². The van der Waals surface area contributed by atoms with Crippen LogP contribution in [0.4, 0.5) is 0 Å². The Labute approximate surface area is 178 Å². The Morgan fingerprint density at radius 1 is 0.222 bits per heavy atom. The van der Waals surface area contributed by atoms with E-state index in [4.69, 9.17) is 0 Å². The zero-order valence-corrected chi connectivity index (χ0v) is 25.5. The molecule has 0 heterocycles. The van der Waals surface area contributed by atoms with Crippen molar-refractivity contribution >= 4 is 0 Å². The van der Waals surface area contributed by atoms with Gasteiger partial charge in [0.05, 0.1) is 0 Å². The SMILES string of the molecule is O.O.[Cr].[OH-].[OH-].[OH-].[OH-].[OH-].[OH-].[OH-].[OH-].[OH-].[OH-].[Zn+2].[Zn+2].[Zn+2].[Zn+2].[Zn+2]. The molecule has 0 aromatic carbocycles. The predicted octanol–water partition coefficient (Wildman–Crippen LogP) is -3.43. The van der Waals surface area contributed by atoms with Gasteiger partial charge in [0.25, 0.3) is 0 Å². The molecule has 0 bridgehead atoms. The van der Waals surface area contributed by atoms with E-state index >= 15 is 0 Å². The molecular formula is H14CrO12Zn5. The summed E-state index contributed by atoms with van der Waals surface area (Å²) in [4.78, 5) is 0. The Morgan fingerprint density at radius 3 is 0.222 bits per heavy atom. The molecule has 0 spiro atoms. The van der Waals surface area contributed by atoms with Gasteiger partial charge < -0.3 is 65.7 Å². The molecule has 0 aliphatic rings. The molecule has 0 aromatic rings. The first-order valence-electron chi connectivity index (χ1n) is 0. The molecule has 0 saturated carbocycles. The summed E-state index contributed by atoms with van der Waals surface area (Å²) in [5.41, 5.74) is 0. The second kappa shape index (κ2) is 738. The quantitative estimate of drug-likeness (QED) is 0.253. The van der Waals surface area contributed by atoms with E-state index in [0.717, 1.165) is 0 Å². The monoisotopic (exact) mass is 578 g/mol. The average molecular weight is 585 g/mol. The molecule has 12 nitrogen and oxygen atoms in total. The summed E-state index contributed by atoms with van der Waals surface area (Å²) in [5.74, 6) is 0. The van der Waals surface area contributed by atoms with Gasteiger partial charge in [0, 0.05) is 17.4 Å². The first-order valence-corrected chi connectivity index (χ1v) is 0. The minimum absolute atomic E-state index is 0. The molecule has 0 radical (unpaired) electrons. The summed E-state index contributed by atoms with van der Waals surface area (Å²) >= 11 is 0. The summed E-state index contributed by atoms with van der Waals surface area (Å²) in [6.07, 6.45) is 0. The molecule has 0 amide bonds. The fraction of sp³-hybridized carbons (Fsp3) is 0. The largest absolute Gasteiger partial charge is 2.00 e. The molecule has 0 rings (SSSR count). The normalized spacial score (nSPS) is 0. The number of rotatable bonds is 0. The van der Waals surface area contributed by atoms with Crippen molar-refractivity contribution in [1.82, 2.24) is 0 Å². The summed E-state index contributed by atoms with van der Waals surface area (Å²) in [6.45, 7) is 0. The van der Waals surface area contributed by atoms with Gasteiger partial charge in [-0.2, -0.15) is 0 Å². The summed E-state index contributed by atoms with van der Waals surface area (Å²) < 4.78 is 0. The van der Waals surface area contributed by atoms with Crippen molar-refractivity contribution in [3.63, 3.8) is 0 Å². The fourth-order valence-corrected chi connectivity index (χ4v) is 0. The van der Waals surface area contributed by atoms with E-state index in [0.29, 0.717) is 0 Å². The Balaban J connectivity index is 0. The van der Waals surface area contributed by atoms with E-state index < -0.39 is 0 Å². The van der Waals surface area contributed by atoms with Crippen LogP contribution in [0.3, 0.4) is 0 Å².